The van der Waals surface area contributed by atoms with Gasteiger partial charge in [-0.15, -0.1) is 0 Å². The number of imidazole rings is 1. The van der Waals surface area contributed by atoms with Crippen molar-refractivity contribution in [3.8, 4) is 0 Å². The van der Waals surface area contributed by atoms with Gasteiger partial charge in [0.2, 0.25) is 5.91 Å². The van der Waals surface area contributed by atoms with E-state index >= 15 is 0 Å². The van der Waals surface area contributed by atoms with Crippen LogP contribution in [0.25, 0.3) is 11.0 Å². The SMILES string of the molecule is CC(c1nc2ccc(Cl)cc2[nH]1)N(C)CC1CNC(=O)C1. The van der Waals surface area contributed by atoms with E-state index in [1.807, 2.05) is 18.2 Å². The van der Waals surface area contributed by atoms with Crippen LogP contribution < -0.4 is 5.32 Å². The summed E-state index contributed by atoms with van der Waals surface area (Å²) in [5.41, 5.74) is 1.88. The standard InChI is InChI=1S/C15H19ClN4O/c1-9(20(2)8-10-5-14(21)17-7-10)15-18-12-4-3-11(16)6-13(12)19-15/h3-4,6,9-10H,5,7-8H2,1-2H3,(H,17,21)(H,18,19). The molecule has 0 spiro atoms. The molecule has 2 unspecified atom stereocenters. The Morgan fingerprint density at radius 2 is 2.33 bits per heavy atom. The van der Waals surface area contributed by atoms with E-state index < -0.39 is 0 Å². The van der Waals surface area contributed by atoms with Crippen molar-refractivity contribution in [2.24, 2.45) is 5.92 Å². The summed E-state index contributed by atoms with van der Waals surface area (Å²) < 4.78 is 0. The minimum atomic E-state index is 0.152. The summed E-state index contributed by atoms with van der Waals surface area (Å²) in [4.78, 5) is 21.4. The van der Waals surface area contributed by atoms with Gasteiger partial charge in [-0.25, -0.2) is 4.98 Å². The van der Waals surface area contributed by atoms with E-state index in [2.05, 4.69) is 34.2 Å². The number of hydrogen-bond donors (Lipinski definition) is 2. The van der Waals surface area contributed by atoms with E-state index in [0.29, 0.717) is 17.4 Å². The average Bonchev–Trinajstić information content (AvgIpc) is 3.03. The molecule has 0 saturated carbocycles. The Bertz CT molecular complexity index is 669. The van der Waals surface area contributed by atoms with E-state index in [4.69, 9.17) is 11.6 Å². The molecule has 2 atom stereocenters. The molecule has 112 valence electrons. The number of hydrogen-bond acceptors (Lipinski definition) is 3. The minimum Gasteiger partial charge on any atom is -0.356 e. The molecular formula is C15H19ClN4O. The summed E-state index contributed by atoms with van der Waals surface area (Å²) in [7, 11) is 2.06. The molecule has 3 rings (SSSR count). The van der Waals surface area contributed by atoms with Gasteiger partial charge >= 0.3 is 0 Å². The maximum atomic E-state index is 11.3. The lowest BCUT2D eigenvalue weighted by molar-refractivity contribution is -0.119. The van der Waals surface area contributed by atoms with E-state index in [1.54, 1.807) is 0 Å². The van der Waals surface area contributed by atoms with E-state index in [-0.39, 0.29) is 11.9 Å². The minimum absolute atomic E-state index is 0.152. The number of carbonyl (C=O) groups is 1. The fourth-order valence-corrected chi connectivity index (χ4v) is 2.94. The molecule has 21 heavy (non-hydrogen) atoms. The highest BCUT2D eigenvalue weighted by Crippen LogP contribution is 2.23. The number of fused-ring (bicyclic) bond motifs is 1. The number of halogens is 1. The van der Waals surface area contributed by atoms with Crippen LogP contribution in [0.1, 0.15) is 25.2 Å². The molecule has 1 aliphatic heterocycles. The lowest BCUT2D eigenvalue weighted by atomic mass is 10.1. The molecule has 2 N–H and O–H groups in total. The lowest BCUT2D eigenvalue weighted by Crippen LogP contribution is -2.30. The number of aromatic amines is 1. The summed E-state index contributed by atoms with van der Waals surface area (Å²) in [5, 5.41) is 3.58. The molecule has 1 aromatic heterocycles. The zero-order chi connectivity index (χ0) is 15.0. The van der Waals surface area contributed by atoms with Crippen molar-refractivity contribution >= 4 is 28.5 Å². The summed E-state index contributed by atoms with van der Waals surface area (Å²) in [5.74, 6) is 1.45. The third-order valence-electron chi connectivity index (χ3n) is 4.13. The Balaban J connectivity index is 1.73. The van der Waals surface area contributed by atoms with Gasteiger partial charge in [0, 0.05) is 24.5 Å². The number of carbonyl (C=O) groups excluding carboxylic acids is 1. The third kappa shape index (κ3) is 3.04. The zero-order valence-corrected chi connectivity index (χ0v) is 12.9. The molecule has 0 bridgehead atoms. The molecule has 1 saturated heterocycles. The molecule has 2 aromatic rings. The maximum Gasteiger partial charge on any atom is 0.220 e. The Morgan fingerprint density at radius 1 is 1.52 bits per heavy atom. The van der Waals surface area contributed by atoms with Gasteiger partial charge in [0.15, 0.2) is 0 Å². The Hall–Kier alpha value is -1.59. The quantitative estimate of drug-likeness (QED) is 0.911. The molecular weight excluding hydrogens is 288 g/mol. The van der Waals surface area contributed by atoms with Crippen molar-refractivity contribution in [2.75, 3.05) is 20.1 Å². The molecule has 0 radical (unpaired) electrons. The van der Waals surface area contributed by atoms with Crippen molar-refractivity contribution in [1.82, 2.24) is 20.2 Å². The molecule has 1 aromatic carbocycles. The van der Waals surface area contributed by atoms with Crippen LogP contribution in [0.3, 0.4) is 0 Å². The van der Waals surface area contributed by atoms with Crippen molar-refractivity contribution in [2.45, 2.75) is 19.4 Å². The number of nitrogens with one attached hydrogen (secondary N) is 2. The summed E-state index contributed by atoms with van der Waals surface area (Å²) in [6.07, 6.45) is 0.618. The first kappa shape index (κ1) is 14.4. The van der Waals surface area contributed by atoms with Crippen LogP contribution in [0.2, 0.25) is 5.02 Å². The fourth-order valence-electron chi connectivity index (χ4n) is 2.77. The van der Waals surface area contributed by atoms with Gasteiger partial charge in [0.05, 0.1) is 17.1 Å². The Morgan fingerprint density at radius 3 is 3.05 bits per heavy atom. The summed E-state index contributed by atoms with van der Waals surface area (Å²) in [6, 6.07) is 5.81. The molecule has 2 heterocycles. The van der Waals surface area contributed by atoms with Gasteiger partial charge in [-0.05, 0) is 38.1 Å². The molecule has 5 nitrogen and oxygen atoms in total. The van der Waals surface area contributed by atoms with Crippen LogP contribution >= 0.6 is 11.6 Å². The van der Waals surface area contributed by atoms with Gasteiger partial charge in [0.25, 0.3) is 0 Å². The number of rotatable bonds is 4. The first-order valence-corrected chi connectivity index (χ1v) is 7.53. The fraction of sp³-hybridized carbons (Fsp3) is 0.467. The van der Waals surface area contributed by atoms with Crippen molar-refractivity contribution in [3.63, 3.8) is 0 Å². The Kier molecular flexibility index (Phi) is 3.87. The number of benzene rings is 1. The van der Waals surface area contributed by atoms with Gasteiger partial charge < -0.3 is 10.3 Å². The van der Waals surface area contributed by atoms with E-state index in [1.165, 1.54) is 0 Å². The van der Waals surface area contributed by atoms with Crippen molar-refractivity contribution in [3.05, 3.63) is 29.0 Å². The molecule has 6 heteroatoms. The monoisotopic (exact) mass is 306 g/mol. The predicted molar refractivity (Wildman–Crippen MR) is 83.3 cm³/mol. The van der Waals surface area contributed by atoms with Crippen LogP contribution in [0.5, 0.6) is 0 Å². The van der Waals surface area contributed by atoms with E-state index in [0.717, 1.165) is 29.9 Å². The average molecular weight is 307 g/mol. The van der Waals surface area contributed by atoms with Crippen LogP contribution in [-0.4, -0.2) is 40.9 Å². The second kappa shape index (κ2) is 5.66. The second-order valence-electron chi connectivity index (χ2n) is 5.77. The first-order valence-electron chi connectivity index (χ1n) is 7.15. The Labute approximate surface area is 128 Å². The van der Waals surface area contributed by atoms with Crippen LogP contribution in [0.15, 0.2) is 18.2 Å². The molecule has 1 fully saturated rings. The highest BCUT2D eigenvalue weighted by molar-refractivity contribution is 6.31. The molecule has 1 amide bonds. The second-order valence-corrected chi connectivity index (χ2v) is 6.21. The highest BCUT2D eigenvalue weighted by atomic mass is 35.5. The molecule has 1 aliphatic rings. The van der Waals surface area contributed by atoms with Gasteiger partial charge in [0.1, 0.15) is 5.82 Å². The highest BCUT2D eigenvalue weighted by Gasteiger charge is 2.25. The van der Waals surface area contributed by atoms with Crippen LogP contribution in [0.4, 0.5) is 0 Å². The number of H-pyrrole nitrogens is 1. The van der Waals surface area contributed by atoms with Crippen LogP contribution in [0, 0.1) is 5.92 Å². The number of nitrogens with zero attached hydrogens (tertiary/aromatic N) is 2. The largest absolute Gasteiger partial charge is 0.356 e. The van der Waals surface area contributed by atoms with E-state index in [9.17, 15) is 4.79 Å². The van der Waals surface area contributed by atoms with Crippen molar-refractivity contribution in [1.29, 1.82) is 0 Å². The zero-order valence-electron chi connectivity index (χ0n) is 12.2. The normalized spacial score (nSPS) is 20.2. The topological polar surface area (TPSA) is 61.0 Å². The lowest BCUT2D eigenvalue weighted by Gasteiger charge is -2.25. The predicted octanol–water partition coefficient (Wildman–Crippen LogP) is 2.35. The maximum absolute atomic E-state index is 11.3. The van der Waals surface area contributed by atoms with Gasteiger partial charge in [-0.2, -0.15) is 0 Å². The third-order valence-corrected chi connectivity index (χ3v) is 4.36. The summed E-state index contributed by atoms with van der Waals surface area (Å²) in [6.45, 7) is 3.76. The van der Waals surface area contributed by atoms with Gasteiger partial charge in [-0.1, -0.05) is 11.6 Å². The molecule has 0 aliphatic carbocycles. The first-order chi connectivity index (χ1) is 10.0. The number of amides is 1. The summed E-state index contributed by atoms with van der Waals surface area (Å²) >= 11 is 6.00. The van der Waals surface area contributed by atoms with Crippen molar-refractivity contribution < 1.29 is 4.79 Å². The number of aromatic nitrogens is 2. The van der Waals surface area contributed by atoms with Crippen LogP contribution in [-0.2, 0) is 4.79 Å². The van der Waals surface area contributed by atoms with Gasteiger partial charge in [-0.3, -0.25) is 9.69 Å². The smallest absolute Gasteiger partial charge is 0.220 e.